The van der Waals surface area contributed by atoms with Crippen LogP contribution in [-0.2, 0) is 25.5 Å². The van der Waals surface area contributed by atoms with E-state index in [1.165, 1.54) is 37.1 Å². The minimum atomic E-state index is -0.879. The predicted octanol–water partition coefficient (Wildman–Crippen LogP) is 3.86. The van der Waals surface area contributed by atoms with Crippen LogP contribution in [0.1, 0.15) is 45.8 Å². The maximum atomic E-state index is 12.9. The molecule has 1 unspecified atom stereocenters. The fraction of sp³-hybridized carbons (Fsp3) is 0.240. The number of aryl methyl sites for hydroxylation is 1. The molecule has 2 aromatic carbocycles. The van der Waals surface area contributed by atoms with Crippen molar-refractivity contribution in [1.82, 2.24) is 9.78 Å². The molecule has 4 rings (SSSR count). The van der Waals surface area contributed by atoms with Crippen molar-refractivity contribution in [2.75, 3.05) is 24.9 Å². The quantitative estimate of drug-likeness (QED) is 0.462. The van der Waals surface area contributed by atoms with Gasteiger partial charge in [0, 0.05) is 16.3 Å². The lowest BCUT2D eigenvalue weighted by Crippen LogP contribution is -2.24. The number of methoxy groups -OCH3 is 2. The van der Waals surface area contributed by atoms with Crippen molar-refractivity contribution in [3.8, 4) is 11.1 Å². The van der Waals surface area contributed by atoms with Crippen LogP contribution in [0.25, 0.3) is 11.1 Å². The molecule has 1 atom stereocenters. The number of carbonyl (C=O) groups excluding carboxylic acids is 4. The smallest absolute Gasteiger partial charge is 0.337 e. The van der Waals surface area contributed by atoms with Crippen LogP contribution in [0.2, 0.25) is 5.02 Å². The Kier molecular flexibility index (Phi) is 7.07. The molecular weight excluding hydrogens is 488 g/mol. The number of nitrogens with one attached hydrogen (secondary N) is 2. The number of benzene rings is 2. The summed E-state index contributed by atoms with van der Waals surface area (Å²) in [5.74, 6) is -1.74. The van der Waals surface area contributed by atoms with Gasteiger partial charge in [0.05, 0.1) is 37.5 Å². The van der Waals surface area contributed by atoms with Crippen molar-refractivity contribution in [3.63, 3.8) is 0 Å². The van der Waals surface area contributed by atoms with Crippen LogP contribution in [0.15, 0.2) is 42.5 Å². The number of aromatic nitrogens is 2. The van der Waals surface area contributed by atoms with E-state index in [1.54, 1.807) is 12.1 Å². The highest BCUT2D eigenvalue weighted by atomic mass is 35.5. The number of hydrogen-bond donors (Lipinski definition) is 2. The fourth-order valence-electron chi connectivity index (χ4n) is 4.04. The zero-order chi connectivity index (χ0) is 26.0. The van der Waals surface area contributed by atoms with Gasteiger partial charge in [0.25, 0.3) is 5.91 Å². The van der Waals surface area contributed by atoms with Crippen LogP contribution in [-0.4, -0.2) is 47.8 Å². The van der Waals surface area contributed by atoms with E-state index in [-0.39, 0.29) is 29.1 Å². The summed E-state index contributed by atoms with van der Waals surface area (Å²) in [6.07, 6.45) is 0.392. The molecule has 11 heteroatoms. The molecule has 2 amide bonds. The highest BCUT2D eigenvalue weighted by molar-refractivity contribution is 6.30. The number of amides is 2. The van der Waals surface area contributed by atoms with Crippen LogP contribution in [0.4, 0.5) is 11.5 Å². The maximum Gasteiger partial charge on any atom is 0.337 e. The Bertz CT molecular complexity index is 1330. The van der Waals surface area contributed by atoms with Crippen LogP contribution in [0.3, 0.4) is 0 Å². The molecule has 0 bridgehead atoms. The molecule has 2 N–H and O–H groups in total. The normalized spacial score (nSPS) is 14.1. The number of anilines is 2. The number of carbonyl (C=O) groups is 4. The molecular formula is C25H23ClN4O6. The third-order valence-corrected chi connectivity index (χ3v) is 5.98. The lowest BCUT2D eigenvalue weighted by Gasteiger charge is -2.12. The van der Waals surface area contributed by atoms with Gasteiger partial charge in [-0.15, -0.1) is 0 Å². The molecule has 0 saturated carbocycles. The number of nitrogens with zero attached hydrogens (tertiary/aromatic N) is 2. The molecule has 186 valence electrons. The average molecular weight is 511 g/mol. The lowest BCUT2D eigenvalue weighted by molar-refractivity contribution is -0.123. The van der Waals surface area contributed by atoms with Crippen molar-refractivity contribution in [1.29, 1.82) is 0 Å². The number of fused-ring (bicyclic) bond motifs is 1. The van der Waals surface area contributed by atoms with Crippen LogP contribution in [0.5, 0.6) is 0 Å². The van der Waals surface area contributed by atoms with Gasteiger partial charge in [0.1, 0.15) is 11.9 Å². The summed E-state index contributed by atoms with van der Waals surface area (Å²) in [6, 6.07) is 10.4. The summed E-state index contributed by atoms with van der Waals surface area (Å²) in [5.41, 5.74) is 2.69. The van der Waals surface area contributed by atoms with Gasteiger partial charge in [0.15, 0.2) is 0 Å². The highest BCUT2D eigenvalue weighted by Gasteiger charge is 2.36. The second-order valence-corrected chi connectivity index (χ2v) is 8.45. The van der Waals surface area contributed by atoms with Crippen LogP contribution < -0.4 is 10.6 Å². The fourth-order valence-corrected chi connectivity index (χ4v) is 4.17. The molecule has 0 aliphatic carbocycles. The zero-order valence-electron chi connectivity index (χ0n) is 19.8. The Hall–Kier alpha value is -4.18. The maximum absolute atomic E-state index is 12.9. The Balaban J connectivity index is 1.60. The second kappa shape index (κ2) is 10.2. The van der Waals surface area contributed by atoms with E-state index in [4.69, 9.17) is 21.1 Å². The van der Waals surface area contributed by atoms with Crippen molar-refractivity contribution < 1.29 is 28.7 Å². The number of hydrogen-bond acceptors (Lipinski definition) is 7. The van der Waals surface area contributed by atoms with Gasteiger partial charge < -0.3 is 20.1 Å². The van der Waals surface area contributed by atoms with Crippen molar-refractivity contribution in [2.24, 2.45) is 0 Å². The van der Waals surface area contributed by atoms with Gasteiger partial charge >= 0.3 is 11.9 Å². The van der Waals surface area contributed by atoms with Crippen LogP contribution in [0, 0.1) is 0 Å². The Morgan fingerprint density at radius 3 is 2.22 bits per heavy atom. The predicted molar refractivity (Wildman–Crippen MR) is 132 cm³/mol. The largest absolute Gasteiger partial charge is 0.465 e. The summed E-state index contributed by atoms with van der Waals surface area (Å²) in [6.45, 7) is 1.95. The monoisotopic (exact) mass is 510 g/mol. The van der Waals surface area contributed by atoms with Gasteiger partial charge in [-0.3, -0.25) is 9.59 Å². The van der Waals surface area contributed by atoms with E-state index in [1.807, 2.05) is 19.1 Å². The number of halogens is 1. The Labute approximate surface area is 211 Å². The zero-order valence-corrected chi connectivity index (χ0v) is 20.5. The van der Waals surface area contributed by atoms with Crippen molar-refractivity contribution in [2.45, 2.75) is 25.8 Å². The molecule has 1 aliphatic rings. The third kappa shape index (κ3) is 4.80. The van der Waals surface area contributed by atoms with E-state index in [0.717, 1.165) is 16.8 Å². The average Bonchev–Trinajstić information content (AvgIpc) is 3.38. The van der Waals surface area contributed by atoms with Crippen LogP contribution >= 0.6 is 11.6 Å². The number of esters is 2. The van der Waals surface area contributed by atoms with Gasteiger partial charge in [-0.25, -0.2) is 14.3 Å². The first-order chi connectivity index (χ1) is 17.2. The SMILES string of the molecule is CCc1nn2c(c1-c1ccc(Cl)cc1)NC(=O)C2CC(=O)Nc1cc(C(=O)OC)cc(C(=O)OC)c1. The molecule has 3 aromatic rings. The summed E-state index contributed by atoms with van der Waals surface area (Å²) in [7, 11) is 2.41. The van der Waals surface area contributed by atoms with Gasteiger partial charge in [-0.05, 0) is 42.3 Å². The Morgan fingerprint density at radius 1 is 1.06 bits per heavy atom. The van der Waals surface area contributed by atoms with Crippen molar-refractivity contribution in [3.05, 3.63) is 64.3 Å². The topological polar surface area (TPSA) is 129 Å². The molecule has 1 aliphatic heterocycles. The summed E-state index contributed by atoms with van der Waals surface area (Å²) in [5, 5.41) is 10.7. The molecule has 36 heavy (non-hydrogen) atoms. The molecule has 10 nitrogen and oxygen atoms in total. The third-order valence-electron chi connectivity index (χ3n) is 5.73. The van der Waals surface area contributed by atoms with Gasteiger partial charge in [0.2, 0.25) is 5.91 Å². The molecule has 0 radical (unpaired) electrons. The summed E-state index contributed by atoms with van der Waals surface area (Å²) >= 11 is 6.02. The van der Waals surface area contributed by atoms with E-state index in [9.17, 15) is 19.2 Å². The van der Waals surface area contributed by atoms with Gasteiger partial charge in [-0.2, -0.15) is 5.10 Å². The Morgan fingerprint density at radius 2 is 1.67 bits per heavy atom. The van der Waals surface area contributed by atoms with E-state index >= 15 is 0 Å². The minimum absolute atomic E-state index is 0.0591. The molecule has 1 aromatic heterocycles. The van der Waals surface area contributed by atoms with E-state index in [2.05, 4.69) is 15.7 Å². The molecule has 0 spiro atoms. The first-order valence-corrected chi connectivity index (χ1v) is 11.4. The first-order valence-electron chi connectivity index (χ1n) is 11.1. The highest BCUT2D eigenvalue weighted by Crippen LogP contribution is 2.39. The van der Waals surface area contributed by atoms with E-state index in [0.29, 0.717) is 17.3 Å². The number of ether oxygens (including phenoxy) is 2. The molecule has 0 saturated heterocycles. The second-order valence-electron chi connectivity index (χ2n) is 8.01. The standard InChI is InChI=1S/C25H23ClN4O6/c1-4-18-21(13-5-7-16(26)8-6-13)22-28-23(32)19(30(22)29-18)12-20(31)27-17-10-14(24(33)35-2)9-15(11-17)25(34)36-3/h5-11,19H,4,12H2,1-3H3,(H,27,31)(H,28,32). The summed E-state index contributed by atoms with van der Waals surface area (Å²) < 4.78 is 11.0. The summed E-state index contributed by atoms with van der Waals surface area (Å²) in [4.78, 5) is 49.7. The van der Waals surface area contributed by atoms with E-state index < -0.39 is 23.9 Å². The lowest BCUT2D eigenvalue weighted by atomic mass is 10.0. The van der Waals surface area contributed by atoms with Crippen molar-refractivity contribution >= 4 is 46.9 Å². The number of rotatable bonds is 7. The molecule has 0 fully saturated rings. The first kappa shape index (κ1) is 24.9. The molecule has 2 heterocycles. The van der Waals surface area contributed by atoms with Gasteiger partial charge in [-0.1, -0.05) is 30.7 Å². The minimum Gasteiger partial charge on any atom is -0.465 e.